The van der Waals surface area contributed by atoms with Crippen molar-refractivity contribution in [1.82, 2.24) is 20.3 Å². The number of amides is 2. The van der Waals surface area contributed by atoms with E-state index in [2.05, 4.69) is 20.9 Å². The molecule has 2 amide bonds. The maximum absolute atomic E-state index is 14.0. The number of aliphatic hydroxyl groups excluding tert-OH is 1. The second kappa shape index (κ2) is 13.5. The van der Waals surface area contributed by atoms with Crippen LogP contribution in [0.15, 0.2) is 60.8 Å². The fraction of sp³-hybridized carbons (Fsp3) is 0.438. The number of hydrogen-bond acceptors (Lipinski definition) is 8. The zero-order valence-corrected chi connectivity index (χ0v) is 24.7. The number of ether oxygens (including phenoxy) is 1. The highest BCUT2D eigenvalue weighted by Crippen LogP contribution is 2.47. The summed E-state index contributed by atoms with van der Waals surface area (Å²) in [7, 11) is 1.55. The van der Waals surface area contributed by atoms with E-state index >= 15 is 0 Å². The maximum atomic E-state index is 14.0. The molecule has 0 saturated carbocycles. The van der Waals surface area contributed by atoms with E-state index in [1.807, 2.05) is 43.3 Å². The second-order valence-electron chi connectivity index (χ2n) is 11.2. The Morgan fingerprint density at radius 2 is 2.16 bits per heavy atom. The third kappa shape index (κ3) is 6.64. The third-order valence-electron chi connectivity index (χ3n) is 8.24. The van der Waals surface area contributed by atoms with Crippen molar-refractivity contribution in [2.75, 3.05) is 37.0 Å². The fourth-order valence-corrected chi connectivity index (χ4v) is 5.78. The zero-order chi connectivity index (χ0) is 30.4. The molecule has 0 radical (unpaired) electrons. The first-order valence-corrected chi connectivity index (χ1v) is 14.8. The van der Waals surface area contributed by atoms with Crippen molar-refractivity contribution >= 4 is 23.2 Å². The number of nitrogens with zero attached hydrogens (tertiary/aromatic N) is 4. The van der Waals surface area contributed by atoms with Crippen LogP contribution in [-0.2, 0) is 34.7 Å². The van der Waals surface area contributed by atoms with Gasteiger partial charge in [0, 0.05) is 49.5 Å². The molecule has 3 heterocycles. The lowest BCUT2D eigenvalue weighted by molar-refractivity contribution is -0.139. The minimum Gasteiger partial charge on any atom is -0.497 e. The molecular weight excluding hydrogens is 548 g/mol. The molecule has 1 saturated heterocycles. The van der Waals surface area contributed by atoms with E-state index in [1.165, 1.54) is 0 Å². The van der Waals surface area contributed by atoms with Gasteiger partial charge in [-0.15, -0.1) is 5.10 Å². The van der Waals surface area contributed by atoms with Gasteiger partial charge in [0.15, 0.2) is 5.60 Å². The van der Waals surface area contributed by atoms with E-state index in [0.29, 0.717) is 48.6 Å². The Bertz CT molecular complexity index is 1470. The van der Waals surface area contributed by atoms with Gasteiger partial charge in [-0.2, -0.15) is 0 Å². The zero-order valence-electron chi connectivity index (χ0n) is 24.7. The Balaban J connectivity index is 1.32. The molecule has 0 bridgehead atoms. The highest BCUT2D eigenvalue weighted by Gasteiger charge is 2.52. The van der Waals surface area contributed by atoms with Crippen LogP contribution >= 0.6 is 0 Å². The first-order chi connectivity index (χ1) is 20.8. The first kappa shape index (κ1) is 30.4. The molecule has 2 aromatic carbocycles. The number of carbonyl (C=O) groups is 2. The van der Waals surface area contributed by atoms with Crippen molar-refractivity contribution in [2.24, 2.45) is 11.8 Å². The number of piperidine rings is 1. The van der Waals surface area contributed by atoms with Crippen LogP contribution in [-0.4, -0.2) is 63.8 Å². The van der Waals surface area contributed by atoms with Crippen molar-refractivity contribution in [2.45, 2.75) is 51.3 Å². The lowest BCUT2D eigenvalue weighted by Crippen LogP contribution is -2.44. The number of aryl methyl sites for hydroxylation is 1. The summed E-state index contributed by atoms with van der Waals surface area (Å²) in [5.41, 5.74) is 1.56. The molecule has 1 fully saturated rings. The van der Waals surface area contributed by atoms with Crippen LogP contribution in [0.5, 0.6) is 5.75 Å². The Hall–Kier alpha value is -4.06. The molecule has 4 N–H and O–H groups in total. The Kier molecular flexibility index (Phi) is 9.54. The van der Waals surface area contributed by atoms with Gasteiger partial charge < -0.3 is 30.5 Å². The lowest BCUT2D eigenvalue weighted by atomic mass is 9.83. The Morgan fingerprint density at radius 1 is 1.30 bits per heavy atom. The molecule has 11 heteroatoms. The van der Waals surface area contributed by atoms with Crippen LogP contribution in [0, 0.1) is 11.8 Å². The molecule has 43 heavy (non-hydrogen) atoms. The van der Waals surface area contributed by atoms with Crippen LogP contribution in [0.4, 0.5) is 11.4 Å². The monoisotopic (exact) mass is 588 g/mol. The molecule has 3 atom stereocenters. The molecule has 2 aliphatic rings. The minimum atomic E-state index is -1.79. The molecular formula is C32H40N6O5. The van der Waals surface area contributed by atoms with Gasteiger partial charge in [0.05, 0.1) is 31.0 Å². The maximum Gasteiger partial charge on any atom is 0.264 e. The molecule has 2 aliphatic heterocycles. The molecule has 0 aliphatic carbocycles. The number of allylic oxidation sites excluding steroid dienone is 1. The number of aromatic nitrogens is 3. The summed E-state index contributed by atoms with van der Waals surface area (Å²) in [5.74, 6) is -0.478. The van der Waals surface area contributed by atoms with Gasteiger partial charge in [-0.3, -0.25) is 14.3 Å². The summed E-state index contributed by atoms with van der Waals surface area (Å²) >= 11 is 0. The van der Waals surface area contributed by atoms with Crippen LogP contribution in [0.1, 0.15) is 43.0 Å². The van der Waals surface area contributed by atoms with Gasteiger partial charge in [0.25, 0.3) is 5.91 Å². The normalized spacial score (nSPS) is 20.8. The minimum absolute atomic E-state index is 0.0107. The van der Waals surface area contributed by atoms with Crippen molar-refractivity contribution < 1.29 is 24.5 Å². The molecule has 5 rings (SSSR count). The number of benzene rings is 2. The van der Waals surface area contributed by atoms with Gasteiger partial charge in [-0.05, 0) is 61.7 Å². The van der Waals surface area contributed by atoms with E-state index in [4.69, 9.17) is 9.84 Å². The molecule has 3 aromatic rings. The SMILES string of the molecule is COc1ccc2c(c1)[C@@](O)([C@H](C)/C=C/CCn1cc(CCO)nn1)C(=O)N2Cc1cccc(NC(=O)C2CCCNC2)c1. The number of methoxy groups -OCH3 is 1. The van der Waals surface area contributed by atoms with Crippen LogP contribution in [0.2, 0.25) is 0 Å². The fourth-order valence-electron chi connectivity index (χ4n) is 5.78. The van der Waals surface area contributed by atoms with Crippen molar-refractivity contribution in [1.29, 1.82) is 0 Å². The molecule has 11 nitrogen and oxygen atoms in total. The van der Waals surface area contributed by atoms with E-state index in [1.54, 1.807) is 41.1 Å². The number of aliphatic hydroxyl groups is 2. The predicted octanol–water partition coefficient (Wildman–Crippen LogP) is 2.78. The van der Waals surface area contributed by atoms with Gasteiger partial charge in [-0.1, -0.05) is 36.4 Å². The standard InChI is InChI=1S/C32H40N6O5/c1-22(7-3-4-15-37-21-26(13-16-39)35-36-37)32(42)28-18-27(43-2)11-12-29(28)38(31(32)41)20-23-8-5-10-25(17-23)34-30(40)24-9-6-14-33-19-24/h3,5,7-8,10-12,17-18,21-22,24,33,39,42H,4,6,9,13-16,19-20H2,1-2H3,(H,34,40)/b7-3+/t22-,24?,32+/m1/s1. The summed E-state index contributed by atoms with van der Waals surface area (Å²) in [6, 6.07) is 12.8. The second-order valence-corrected chi connectivity index (χ2v) is 11.2. The van der Waals surface area contributed by atoms with E-state index < -0.39 is 17.4 Å². The number of hydrogen-bond donors (Lipinski definition) is 4. The van der Waals surface area contributed by atoms with E-state index in [9.17, 15) is 14.7 Å². The smallest absolute Gasteiger partial charge is 0.264 e. The van der Waals surface area contributed by atoms with Crippen molar-refractivity contribution in [3.8, 4) is 5.75 Å². The van der Waals surface area contributed by atoms with E-state index in [0.717, 1.165) is 30.6 Å². The molecule has 0 spiro atoms. The Labute approximate surface area is 251 Å². The highest BCUT2D eigenvalue weighted by atomic mass is 16.5. The summed E-state index contributed by atoms with van der Waals surface area (Å²) in [6.07, 6.45) is 8.50. The van der Waals surface area contributed by atoms with Gasteiger partial charge in [0.2, 0.25) is 5.91 Å². The molecule has 1 unspecified atom stereocenters. The lowest BCUT2D eigenvalue weighted by Gasteiger charge is -2.28. The number of fused-ring (bicyclic) bond motifs is 1. The topological polar surface area (TPSA) is 142 Å². The van der Waals surface area contributed by atoms with Crippen molar-refractivity contribution in [3.63, 3.8) is 0 Å². The van der Waals surface area contributed by atoms with Crippen LogP contribution < -0.4 is 20.3 Å². The van der Waals surface area contributed by atoms with Gasteiger partial charge in [0.1, 0.15) is 5.75 Å². The van der Waals surface area contributed by atoms with E-state index in [-0.39, 0.29) is 25.0 Å². The summed E-state index contributed by atoms with van der Waals surface area (Å²) in [5, 5.41) is 35.5. The largest absolute Gasteiger partial charge is 0.497 e. The average Bonchev–Trinajstić information content (AvgIpc) is 3.56. The highest BCUT2D eigenvalue weighted by molar-refractivity contribution is 6.07. The average molecular weight is 589 g/mol. The third-order valence-corrected chi connectivity index (χ3v) is 8.24. The first-order valence-electron chi connectivity index (χ1n) is 14.8. The number of anilines is 2. The predicted molar refractivity (Wildman–Crippen MR) is 162 cm³/mol. The quantitative estimate of drug-likeness (QED) is 0.237. The summed E-state index contributed by atoms with van der Waals surface area (Å²) in [4.78, 5) is 28.4. The van der Waals surface area contributed by atoms with Gasteiger partial charge >= 0.3 is 0 Å². The number of rotatable bonds is 12. The van der Waals surface area contributed by atoms with Gasteiger partial charge in [-0.25, -0.2) is 0 Å². The molecule has 228 valence electrons. The van der Waals surface area contributed by atoms with Crippen LogP contribution in [0.25, 0.3) is 0 Å². The number of nitrogens with one attached hydrogen (secondary N) is 2. The Morgan fingerprint density at radius 3 is 2.93 bits per heavy atom. The van der Waals surface area contributed by atoms with Crippen molar-refractivity contribution in [3.05, 3.63) is 77.6 Å². The summed E-state index contributed by atoms with van der Waals surface area (Å²) < 4.78 is 7.14. The summed E-state index contributed by atoms with van der Waals surface area (Å²) in [6.45, 7) is 4.26. The van der Waals surface area contributed by atoms with Crippen LogP contribution in [0.3, 0.4) is 0 Å². The molecule has 1 aromatic heterocycles. The number of carbonyl (C=O) groups excluding carboxylic acids is 2.